The van der Waals surface area contributed by atoms with Gasteiger partial charge in [-0.2, -0.15) is 0 Å². The van der Waals surface area contributed by atoms with Crippen LogP contribution in [0.5, 0.6) is 0 Å². The molecule has 0 aliphatic carbocycles. The lowest BCUT2D eigenvalue weighted by Crippen LogP contribution is -2.01. The molecule has 3 aromatic heterocycles. The summed E-state index contributed by atoms with van der Waals surface area (Å²) in [6.45, 7) is 0. The van der Waals surface area contributed by atoms with Gasteiger partial charge in [0.05, 0.1) is 5.52 Å². The predicted molar refractivity (Wildman–Crippen MR) is 217 cm³/mol. The lowest BCUT2D eigenvalue weighted by atomic mass is 9.93. The van der Waals surface area contributed by atoms with Gasteiger partial charge >= 0.3 is 0 Å². The fourth-order valence-corrected chi connectivity index (χ4v) is 7.88. The molecule has 0 bridgehead atoms. The van der Waals surface area contributed by atoms with Crippen molar-refractivity contribution in [2.75, 3.05) is 0 Å². The van der Waals surface area contributed by atoms with Crippen molar-refractivity contribution in [1.29, 1.82) is 0 Å². The van der Waals surface area contributed by atoms with Crippen molar-refractivity contribution in [2.24, 2.45) is 0 Å². The second kappa shape index (κ2) is 11.7. The molecule has 0 N–H and O–H groups in total. The van der Waals surface area contributed by atoms with E-state index in [1.807, 2.05) is 54.7 Å². The van der Waals surface area contributed by atoms with Crippen LogP contribution in [0.4, 0.5) is 0 Å². The minimum Gasteiger partial charge on any atom is -0.455 e. The van der Waals surface area contributed by atoms with Crippen LogP contribution in [-0.4, -0.2) is 19.9 Å². The molecule has 0 fully saturated rings. The Balaban J connectivity index is 1.15. The van der Waals surface area contributed by atoms with Crippen molar-refractivity contribution in [1.82, 2.24) is 19.9 Å². The first kappa shape index (κ1) is 29.5. The van der Waals surface area contributed by atoms with E-state index in [9.17, 15) is 0 Å². The SMILES string of the molecule is c1ccc(-c2nc(-c3ccccc3-c3ccc4ccc5ccc6ncccc6c5c4c3)nc(-c3cccc4oc5c6ccccc6ccc5c34)n2)cc1. The van der Waals surface area contributed by atoms with Gasteiger partial charge in [0.2, 0.25) is 0 Å². The number of fused-ring (bicyclic) bond motifs is 10. The van der Waals surface area contributed by atoms with Gasteiger partial charge in [0.15, 0.2) is 17.5 Å². The lowest BCUT2D eigenvalue weighted by molar-refractivity contribution is 0.672. The highest BCUT2D eigenvalue weighted by Gasteiger charge is 2.20. The van der Waals surface area contributed by atoms with Gasteiger partial charge in [-0.25, -0.2) is 15.0 Å². The molecule has 5 nitrogen and oxygen atoms in total. The molecular weight excluding hydrogens is 649 g/mol. The molecule has 0 unspecified atom stereocenters. The first-order chi connectivity index (χ1) is 26.3. The van der Waals surface area contributed by atoms with E-state index < -0.39 is 0 Å². The van der Waals surface area contributed by atoms with Gasteiger partial charge in [-0.05, 0) is 68.4 Å². The van der Waals surface area contributed by atoms with E-state index in [0.29, 0.717) is 17.5 Å². The maximum atomic E-state index is 6.55. The number of hydrogen-bond acceptors (Lipinski definition) is 5. The van der Waals surface area contributed by atoms with Crippen molar-refractivity contribution in [3.05, 3.63) is 170 Å². The number of pyridine rings is 1. The van der Waals surface area contributed by atoms with Crippen LogP contribution >= 0.6 is 0 Å². The largest absolute Gasteiger partial charge is 0.455 e. The molecule has 0 saturated carbocycles. The second-order valence-electron chi connectivity index (χ2n) is 13.4. The third kappa shape index (κ3) is 4.71. The van der Waals surface area contributed by atoms with Gasteiger partial charge in [-0.3, -0.25) is 4.98 Å². The summed E-state index contributed by atoms with van der Waals surface area (Å²) in [6.07, 6.45) is 1.85. The summed E-state index contributed by atoms with van der Waals surface area (Å²) in [6, 6.07) is 56.8. The molecule has 0 saturated heterocycles. The molecular formula is C48H28N4O. The third-order valence-corrected chi connectivity index (χ3v) is 10.4. The topological polar surface area (TPSA) is 64.7 Å². The monoisotopic (exact) mass is 676 g/mol. The zero-order valence-corrected chi connectivity index (χ0v) is 28.4. The van der Waals surface area contributed by atoms with Gasteiger partial charge in [0.1, 0.15) is 11.2 Å². The van der Waals surface area contributed by atoms with E-state index in [1.165, 1.54) is 21.5 Å². The summed E-state index contributed by atoms with van der Waals surface area (Å²) in [5.41, 5.74) is 7.51. The van der Waals surface area contributed by atoms with E-state index in [1.54, 1.807) is 0 Å². The molecule has 3 heterocycles. The normalized spacial score (nSPS) is 11.8. The number of aromatic nitrogens is 4. The van der Waals surface area contributed by atoms with Crippen molar-refractivity contribution in [3.63, 3.8) is 0 Å². The minimum atomic E-state index is 0.591. The van der Waals surface area contributed by atoms with E-state index in [2.05, 4.69) is 120 Å². The Bertz CT molecular complexity index is 3230. The number of hydrogen-bond donors (Lipinski definition) is 0. The Morgan fingerprint density at radius 3 is 1.98 bits per heavy atom. The van der Waals surface area contributed by atoms with Crippen LogP contribution in [0.2, 0.25) is 0 Å². The molecule has 0 radical (unpaired) electrons. The Labute approximate surface area is 303 Å². The molecule has 246 valence electrons. The van der Waals surface area contributed by atoms with E-state index in [-0.39, 0.29) is 0 Å². The number of benzene rings is 8. The summed E-state index contributed by atoms with van der Waals surface area (Å²) in [4.78, 5) is 20.2. The molecule has 53 heavy (non-hydrogen) atoms. The highest BCUT2D eigenvalue weighted by atomic mass is 16.3. The van der Waals surface area contributed by atoms with Crippen LogP contribution < -0.4 is 0 Å². The van der Waals surface area contributed by atoms with Crippen LogP contribution in [0, 0.1) is 0 Å². The van der Waals surface area contributed by atoms with Gasteiger partial charge in [-0.15, -0.1) is 0 Å². The summed E-state index contributed by atoms with van der Waals surface area (Å²) >= 11 is 0. The van der Waals surface area contributed by atoms with Gasteiger partial charge in [0.25, 0.3) is 0 Å². The highest BCUT2D eigenvalue weighted by molar-refractivity contribution is 6.21. The molecule has 11 aromatic rings. The van der Waals surface area contributed by atoms with Crippen LogP contribution in [0.15, 0.2) is 174 Å². The fourth-order valence-electron chi connectivity index (χ4n) is 7.88. The Morgan fingerprint density at radius 1 is 0.377 bits per heavy atom. The van der Waals surface area contributed by atoms with E-state index in [4.69, 9.17) is 19.4 Å². The molecule has 0 aliphatic heterocycles. The lowest BCUT2D eigenvalue weighted by Gasteiger charge is -2.14. The Morgan fingerprint density at radius 2 is 1.06 bits per heavy atom. The molecule has 8 aromatic carbocycles. The molecule has 5 heteroatoms. The Kier molecular flexibility index (Phi) is 6.48. The van der Waals surface area contributed by atoms with Crippen molar-refractivity contribution < 1.29 is 4.42 Å². The molecule has 0 spiro atoms. The smallest absolute Gasteiger partial charge is 0.164 e. The quantitative estimate of drug-likeness (QED) is 0.174. The van der Waals surface area contributed by atoms with Crippen molar-refractivity contribution >= 4 is 65.2 Å². The van der Waals surface area contributed by atoms with E-state index in [0.717, 1.165) is 71.4 Å². The van der Waals surface area contributed by atoms with Gasteiger partial charge in [0, 0.05) is 44.4 Å². The summed E-state index contributed by atoms with van der Waals surface area (Å²) < 4.78 is 6.55. The summed E-state index contributed by atoms with van der Waals surface area (Å²) in [5.74, 6) is 1.81. The summed E-state index contributed by atoms with van der Waals surface area (Å²) in [7, 11) is 0. The van der Waals surface area contributed by atoms with Gasteiger partial charge < -0.3 is 4.42 Å². The van der Waals surface area contributed by atoms with Crippen molar-refractivity contribution in [2.45, 2.75) is 0 Å². The standard InChI is InChI=1S/C48H28N4O/c1-2-11-32(12-3-1)46-50-47(52-48(51-46)39-16-8-18-42-44(39)38-25-23-29-10-4-5-14-35(29)45(38)53-42)36-15-7-6-13-34(36)33-22-20-30-19-21-31-24-26-41-37(17-9-27-49-41)43(31)40(30)28-33/h1-28H. The van der Waals surface area contributed by atoms with E-state index >= 15 is 0 Å². The van der Waals surface area contributed by atoms with Crippen LogP contribution in [0.25, 0.3) is 110 Å². The fraction of sp³-hybridized carbons (Fsp3) is 0. The zero-order valence-electron chi connectivity index (χ0n) is 28.4. The second-order valence-corrected chi connectivity index (χ2v) is 13.4. The average molecular weight is 677 g/mol. The predicted octanol–water partition coefficient (Wildman–Crippen LogP) is 12.4. The Hall–Kier alpha value is -7.24. The highest BCUT2D eigenvalue weighted by Crippen LogP contribution is 2.41. The molecule has 0 atom stereocenters. The third-order valence-electron chi connectivity index (χ3n) is 10.4. The molecule has 0 amide bonds. The number of rotatable bonds is 4. The zero-order chi connectivity index (χ0) is 34.9. The maximum absolute atomic E-state index is 6.55. The van der Waals surface area contributed by atoms with Crippen LogP contribution in [-0.2, 0) is 0 Å². The number of nitrogens with zero attached hydrogens (tertiary/aromatic N) is 4. The van der Waals surface area contributed by atoms with Crippen LogP contribution in [0.3, 0.4) is 0 Å². The molecule has 0 aliphatic rings. The van der Waals surface area contributed by atoms with Crippen LogP contribution in [0.1, 0.15) is 0 Å². The minimum absolute atomic E-state index is 0.591. The maximum Gasteiger partial charge on any atom is 0.164 e. The number of furan rings is 1. The first-order valence-corrected chi connectivity index (χ1v) is 17.7. The summed E-state index contributed by atoms with van der Waals surface area (Å²) in [5, 5.41) is 10.1. The molecule has 11 rings (SSSR count). The first-order valence-electron chi connectivity index (χ1n) is 17.7. The van der Waals surface area contributed by atoms with Crippen molar-refractivity contribution in [3.8, 4) is 45.3 Å². The van der Waals surface area contributed by atoms with Gasteiger partial charge in [-0.1, -0.05) is 133 Å². The average Bonchev–Trinajstić information content (AvgIpc) is 3.63.